The molecule has 0 saturated carbocycles. The van der Waals surface area contributed by atoms with Crippen molar-refractivity contribution in [3.8, 4) is 0 Å². The minimum Gasteiger partial charge on any atom is -0.463 e. The largest absolute Gasteiger partial charge is 0.472 e. The second-order valence-corrected chi connectivity index (χ2v) is 7.98. The van der Waals surface area contributed by atoms with Crippen LogP contribution in [0.4, 0.5) is 0 Å². The third-order valence-electron chi connectivity index (χ3n) is 3.02. The lowest BCUT2D eigenvalue weighted by Gasteiger charge is -2.24. The number of nitrogens with zero attached hydrogens (tertiary/aromatic N) is 1. The van der Waals surface area contributed by atoms with Crippen molar-refractivity contribution in [2.24, 2.45) is 5.41 Å². The highest BCUT2D eigenvalue weighted by Crippen LogP contribution is 2.42. The second kappa shape index (κ2) is 8.25. The number of phosphoric ester groups is 1. The molecule has 1 unspecified atom stereocenters. The molecular formula is C13H29NO6P+. The normalized spacial score (nSPS) is 15.6. The highest BCUT2D eigenvalue weighted by atomic mass is 31.2. The maximum Gasteiger partial charge on any atom is 0.472 e. The lowest BCUT2D eigenvalue weighted by atomic mass is 9.91. The van der Waals surface area contributed by atoms with Gasteiger partial charge in [-0.2, -0.15) is 0 Å². The number of ether oxygens (including phenoxy) is 1. The predicted molar refractivity (Wildman–Crippen MR) is 79.7 cm³/mol. The van der Waals surface area contributed by atoms with Crippen molar-refractivity contribution in [2.75, 3.05) is 47.5 Å². The molecule has 0 aromatic heterocycles. The van der Waals surface area contributed by atoms with E-state index in [-0.39, 0.29) is 25.8 Å². The molecule has 0 radical (unpaired) electrons. The van der Waals surface area contributed by atoms with E-state index in [1.165, 1.54) is 0 Å². The summed E-state index contributed by atoms with van der Waals surface area (Å²) in [6.07, 6.45) is 0.652. The quantitative estimate of drug-likeness (QED) is 0.285. The maximum absolute atomic E-state index is 11.7. The fourth-order valence-electron chi connectivity index (χ4n) is 1.09. The topological polar surface area (TPSA) is 82.1 Å². The van der Waals surface area contributed by atoms with Gasteiger partial charge in [-0.15, -0.1) is 0 Å². The molecular weight excluding hydrogens is 297 g/mol. The summed E-state index contributed by atoms with van der Waals surface area (Å²) in [6, 6.07) is 0. The summed E-state index contributed by atoms with van der Waals surface area (Å²) in [5, 5.41) is 0. The molecule has 0 rings (SSSR count). The van der Waals surface area contributed by atoms with Crippen LogP contribution in [0, 0.1) is 5.41 Å². The molecule has 0 amide bonds. The average molecular weight is 326 g/mol. The Labute approximate surface area is 127 Å². The Bertz CT molecular complexity index is 377. The third kappa shape index (κ3) is 9.98. The van der Waals surface area contributed by atoms with Crippen LogP contribution in [0.5, 0.6) is 0 Å². The predicted octanol–water partition coefficient (Wildman–Crippen LogP) is 1.81. The molecule has 0 bridgehead atoms. The van der Waals surface area contributed by atoms with Gasteiger partial charge in [0.2, 0.25) is 0 Å². The summed E-state index contributed by atoms with van der Waals surface area (Å²) in [7, 11) is 1.75. The van der Waals surface area contributed by atoms with Gasteiger partial charge in [0.05, 0.1) is 33.2 Å². The first-order valence-corrected chi connectivity index (χ1v) is 8.49. The van der Waals surface area contributed by atoms with Crippen molar-refractivity contribution in [3.63, 3.8) is 0 Å². The van der Waals surface area contributed by atoms with Gasteiger partial charge in [0.15, 0.2) is 0 Å². The molecule has 0 aliphatic carbocycles. The fourth-order valence-corrected chi connectivity index (χ4v) is 1.79. The summed E-state index contributed by atoms with van der Waals surface area (Å²) >= 11 is 0. The Kier molecular flexibility index (Phi) is 8.07. The SMILES string of the molecule is CCC(C)(C)C(=O)OCCOP(=O)(O)OCC[N+](C)(C)C. The van der Waals surface area contributed by atoms with Crippen molar-refractivity contribution in [1.82, 2.24) is 0 Å². The number of esters is 1. The van der Waals surface area contributed by atoms with E-state index < -0.39 is 13.2 Å². The molecule has 7 nitrogen and oxygen atoms in total. The van der Waals surface area contributed by atoms with Crippen LogP contribution in [0.3, 0.4) is 0 Å². The smallest absolute Gasteiger partial charge is 0.463 e. The zero-order valence-electron chi connectivity index (χ0n) is 13.9. The van der Waals surface area contributed by atoms with Crippen molar-refractivity contribution in [3.05, 3.63) is 0 Å². The van der Waals surface area contributed by atoms with E-state index >= 15 is 0 Å². The van der Waals surface area contributed by atoms with Crippen LogP contribution in [0.1, 0.15) is 27.2 Å². The van der Waals surface area contributed by atoms with Gasteiger partial charge in [-0.05, 0) is 20.3 Å². The van der Waals surface area contributed by atoms with Crippen LogP contribution < -0.4 is 0 Å². The zero-order valence-corrected chi connectivity index (χ0v) is 14.8. The summed E-state index contributed by atoms with van der Waals surface area (Å²) in [5.74, 6) is -0.354. The summed E-state index contributed by atoms with van der Waals surface area (Å²) < 4.78 is 26.8. The monoisotopic (exact) mass is 326 g/mol. The number of quaternary nitrogens is 1. The average Bonchev–Trinajstić information content (AvgIpc) is 2.32. The molecule has 0 saturated heterocycles. The van der Waals surface area contributed by atoms with Crippen molar-refractivity contribution in [1.29, 1.82) is 0 Å². The van der Waals surface area contributed by atoms with E-state index in [4.69, 9.17) is 13.8 Å². The van der Waals surface area contributed by atoms with Crippen molar-refractivity contribution >= 4 is 13.8 Å². The van der Waals surface area contributed by atoms with E-state index in [2.05, 4.69) is 0 Å². The van der Waals surface area contributed by atoms with Gasteiger partial charge < -0.3 is 14.1 Å². The van der Waals surface area contributed by atoms with Crippen molar-refractivity contribution in [2.45, 2.75) is 27.2 Å². The van der Waals surface area contributed by atoms with Crippen LogP contribution in [0.2, 0.25) is 0 Å². The Morgan fingerprint density at radius 2 is 1.67 bits per heavy atom. The number of rotatable bonds is 10. The van der Waals surface area contributed by atoms with Crippen LogP contribution >= 0.6 is 7.82 Å². The Morgan fingerprint density at radius 1 is 1.14 bits per heavy atom. The highest BCUT2D eigenvalue weighted by Gasteiger charge is 2.27. The molecule has 126 valence electrons. The van der Waals surface area contributed by atoms with Gasteiger partial charge in [0.25, 0.3) is 0 Å². The minimum atomic E-state index is -4.09. The van der Waals surface area contributed by atoms with E-state index in [1.54, 1.807) is 13.8 Å². The van der Waals surface area contributed by atoms with E-state index in [0.717, 1.165) is 0 Å². The molecule has 0 aromatic rings. The molecule has 21 heavy (non-hydrogen) atoms. The van der Waals surface area contributed by atoms with E-state index in [1.807, 2.05) is 28.1 Å². The molecule has 0 aromatic carbocycles. The summed E-state index contributed by atoms with van der Waals surface area (Å²) in [4.78, 5) is 21.1. The van der Waals surface area contributed by atoms with Gasteiger partial charge >= 0.3 is 13.8 Å². The van der Waals surface area contributed by atoms with Gasteiger partial charge in [-0.3, -0.25) is 13.8 Å². The van der Waals surface area contributed by atoms with Crippen LogP contribution in [0.25, 0.3) is 0 Å². The highest BCUT2D eigenvalue weighted by molar-refractivity contribution is 7.47. The maximum atomic E-state index is 11.7. The number of carbonyl (C=O) groups is 1. The number of carbonyl (C=O) groups excluding carboxylic acids is 1. The van der Waals surface area contributed by atoms with Gasteiger partial charge in [-0.1, -0.05) is 6.92 Å². The lowest BCUT2D eigenvalue weighted by molar-refractivity contribution is -0.870. The van der Waals surface area contributed by atoms with Gasteiger partial charge in [-0.25, -0.2) is 4.57 Å². The number of phosphoric acid groups is 1. The lowest BCUT2D eigenvalue weighted by Crippen LogP contribution is -2.37. The molecule has 0 aliphatic rings. The first kappa shape index (κ1) is 20.5. The number of hydrogen-bond donors (Lipinski definition) is 1. The van der Waals surface area contributed by atoms with Gasteiger partial charge in [0.1, 0.15) is 19.8 Å². The summed E-state index contributed by atoms with van der Waals surface area (Å²) in [5.41, 5.74) is -0.565. The molecule has 1 N–H and O–H groups in total. The number of hydrogen-bond acceptors (Lipinski definition) is 5. The summed E-state index contributed by atoms with van der Waals surface area (Å²) in [6.45, 7) is 5.88. The fraction of sp³-hybridized carbons (Fsp3) is 0.923. The molecule has 0 fully saturated rings. The minimum absolute atomic E-state index is 0.0779. The Morgan fingerprint density at radius 3 is 2.14 bits per heavy atom. The van der Waals surface area contributed by atoms with E-state index in [0.29, 0.717) is 17.4 Å². The van der Waals surface area contributed by atoms with E-state index in [9.17, 15) is 14.3 Å². The van der Waals surface area contributed by atoms with Crippen LogP contribution in [-0.4, -0.2) is 62.9 Å². The van der Waals surface area contributed by atoms with Crippen LogP contribution in [-0.2, 0) is 23.1 Å². The Balaban J connectivity index is 3.95. The van der Waals surface area contributed by atoms with Crippen molar-refractivity contribution < 1.29 is 32.5 Å². The Hall–Kier alpha value is -0.460. The molecule has 8 heteroatoms. The molecule has 1 atom stereocenters. The second-order valence-electron chi connectivity index (χ2n) is 6.52. The third-order valence-corrected chi connectivity index (χ3v) is 4.04. The van der Waals surface area contributed by atoms with Gasteiger partial charge in [0, 0.05) is 0 Å². The molecule has 0 aliphatic heterocycles. The molecule has 0 spiro atoms. The standard InChI is InChI=1S/C13H28NO6P/c1-7-13(2,3)12(15)18-10-11-20-21(16,17)19-9-8-14(4,5)6/h7-11H2,1-6H3/p+1. The molecule has 0 heterocycles. The first-order chi connectivity index (χ1) is 9.40. The zero-order chi connectivity index (χ0) is 16.7. The number of likely N-dealkylation sites (N-methyl/N-ethyl adjacent to an activating group) is 1. The first-order valence-electron chi connectivity index (χ1n) is 6.99. The van der Waals surface area contributed by atoms with Crippen LogP contribution in [0.15, 0.2) is 0 Å².